The van der Waals surface area contributed by atoms with Gasteiger partial charge in [0.05, 0.1) is 11.7 Å². The molecule has 0 radical (unpaired) electrons. The van der Waals surface area contributed by atoms with Gasteiger partial charge in [0.25, 0.3) is 0 Å². The van der Waals surface area contributed by atoms with Crippen molar-refractivity contribution in [3.05, 3.63) is 64.9 Å². The van der Waals surface area contributed by atoms with Gasteiger partial charge >= 0.3 is 0 Å². The van der Waals surface area contributed by atoms with Crippen molar-refractivity contribution in [3.8, 4) is 0 Å². The van der Waals surface area contributed by atoms with E-state index in [0.717, 1.165) is 50.1 Å². The van der Waals surface area contributed by atoms with Crippen LogP contribution in [0, 0.1) is 11.8 Å². The minimum Gasteiger partial charge on any atom is -0.371 e. The smallest absolute Gasteiger partial charge is 0.123 e. The number of aromatic amines is 1. The van der Waals surface area contributed by atoms with Crippen LogP contribution in [0.15, 0.2) is 48.2 Å². The topological polar surface area (TPSA) is 49.0 Å². The second-order valence-corrected chi connectivity index (χ2v) is 10.2. The van der Waals surface area contributed by atoms with E-state index in [0.29, 0.717) is 0 Å². The molecule has 3 aliphatic rings. The van der Waals surface area contributed by atoms with Crippen molar-refractivity contribution in [2.24, 2.45) is 11.8 Å². The summed E-state index contributed by atoms with van der Waals surface area (Å²) >= 11 is 0. The average Bonchev–Trinajstić information content (AvgIpc) is 3.54. The summed E-state index contributed by atoms with van der Waals surface area (Å²) in [5.74, 6) is 0.968. The fourth-order valence-electron chi connectivity index (χ4n) is 6.49. The first kappa shape index (κ1) is 20.7. The van der Waals surface area contributed by atoms with Crippen LogP contribution in [0.2, 0.25) is 0 Å². The predicted octanol–water partition coefficient (Wildman–Crippen LogP) is 6.31. The molecule has 6 rings (SSSR count). The van der Waals surface area contributed by atoms with Gasteiger partial charge < -0.3 is 9.69 Å². The van der Waals surface area contributed by atoms with E-state index in [4.69, 9.17) is 0 Å². The van der Waals surface area contributed by atoms with Crippen molar-refractivity contribution in [1.29, 1.82) is 0 Å². The zero-order chi connectivity index (χ0) is 22.2. The molecule has 33 heavy (non-hydrogen) atoms. The first-order valence-corrected chi connectivity index (χ1v) is 12.8. The van der Waals surface area contributed by atoms with E-state index in [-0.39, 0.29) is 5.92 Å². The summed E-state index contributed by atoms with van der Waals surface area (Å²) in [5.41, 5.74) is 9.84. The van der Waals surface area contributed by atoms with Crippen LogP contribution in [0.4, 0.5) is 5.69 Å². The number of allylic oxidation sites excluding steroid dienone is 1. The Balaban J connectivity index is 1.42. The minimum atomic E-state index is 0.238. The van der Waals surface area contributed by atoms with Crippen molar-refractivity contribution in [3.63, 3.8) is 0 Å². The lowest BCUT2D eigenvalue weighted by molar-refractivity contribution is -0.111. The number of nitrogens with zero attached hydrogens (tertiary/aromatic N) is 2. The molecule has 2 aromatic carbocycles. The van der Waals surface area contributed by atoms with E-state index < -0.39 is 0 Å². The fourth-order valence-corrected chi connectivity index (χ4v) is 6.49. The summed E-state index contributed by atoms with van der Waals surface area (Å²) in [6.07, 6.45) is 14.0. The van der Waals surface area contributed by atoms with E-state index in [9.17, 15) is 4.79 Å². The number of H-pyrrole nitrogens is 1. The summed E-state index contributed by atoms with van der Waals surface area (Å²) in [6.45, 7) is 1.94. The van der Waals surface area contributed by atoms with Gasteiger partial charge in [-0.25, -0.2) is 0 Å². The third kappa shape index (κ3) is 3.80. The van der Waals surface area contributed by atoms with Crippen LogP contribution < -0.4 is 4.90 Å². The lowest BCUT2D eigenvalue weighted by Gasteiger charge is -2.31. The molecule has 1 aliphatic heterocycles. The number of carbonyl (C=O) groups is 1. The molecular weight excluding hydrogens is 406 g/mol. The molecule has 2 aliphatic carbocycles. The zero-order valence-electron chi connectivity index (χ0n) is 19.4. The normalized spacial score (nSPS) is 20.3. The van der Waals surface area contributed by atoms with Crippen LogP contribution in [0.5, 0.6) is 0 Å². The molecule has 1 saturated heterocycles. The summed E-state index contributed by atoms with van der Waals surface area (Å²) in [6, 6.07) is 13.8. The number of piperidine rings is 1. The van der Waals surface area contributed by atoms with Crippen LogP contribution in [0.3, 0.4) is 0 Å². The van der Waals surface area contributed by atoms with Gasteiger partial charge in [0.2, 0.25) is 0 Å². The highest BCUT2D eigenvalue weighted by atomic mass is 16.1. The Hall–Kier alpha value is -2.88. The Labute approximate surface area is 196 Å². The molecule has 4 nitrogen and oxygen atoms in total. The third-order valence-corrected chi connectivity index (χ3v) is 8.30. The Morgan fingerprint density at radius 1 is 0.909 bits per heavy atom. The van der Waals surface area contributed by atoms with Crippen LogP contribution in [0.1, 0.15) is 68.1 Å². The summed E-state index contributed by atoms with van der Waals surface area (Å²) in [7, 11) is 0. The maximum atomic E-state index is 11.1. The molecule has 0 spiro atoms. The zero-order valence-corrected chi connectivity index (χ0v) is 19.4. The quantitative estimate of drug-likeness (QED) is 0.485. The number of carbonyl (C=O) groups excluding carboxylic acids is 1. The predicted molar refractivity (Wildman–Crippen MR) is 134 cm³/mol. The highest BCUT2D eigenvalue weighted by Crippen LogP contribution is 2.44. The van der Waals surface area contributed by atoms with E-state index in [2.05, 4.69) is 51.5 Å². The van der Waals surface area contributed by atoms with Crippen molar-refractivity contribution in [1.82, 2.24) is 10.2 Å². The molecule has 0 atom stereocenters. The van der Waals surface area contributed by atoms with Crippen molar-refractivity contribution >= 4 is 28.4 Å². The molecular formula is C29H33N3O. The van der Waals surface area contributed by atoms with Gasteiger partial charge in [-0.05, 0) is 91.3 Å². The van der Waals surface area contributed by atoms with E-state index in [1.165, 1.54) is 71.9 Å². The van der Waals surface area contributed by atoms with Gasteiger partial charge in [0.15, 0.2) is 0 Å². The van der Waals surface area contributed by atoms with Gasteiger partial charge in [0, 0.05) is 30.1 Å². The van der Waals surface area contributed by atoms with Crippen molar-refractivity contribution in [2.45, 2.75) is 57.8 Å². The largest absolute Gasteiger partial charge is 0.371 e. The van der Waals surface area contributed by atoms with Crippen LogP contribution in [-0.4, -0.2) is 29.6 Å². The Bertz CT molecular complexity index is 1180. The number of rotatable bonds is 4. The maximum Gasteiger partial charge on any atom is 0.123 e. The summed E-state index contributed by atoms with van der Waals surface area (Å²) in [5, 5.41) is 8.79. The standard InChI is InChI=1S/C29H33N3O/c33-19-20-14-16-32(17-15-20)23-10-8-22(9-11-23)29-24(21-4-1-2-5-21)6-3-7-25-26(29)12-13-28-27(25)18-30-31-28/h8-13,18-21H,1-7,14-17H2,(H,30,31). The summed E-state index contributed by atoms with van der Waals surface area (Å²) < 4.78 is 0. The molecule has 1 aromatic heterocycles. The first-order chi connectivity index (χ1) is 16.3. The van der Waals surface area contributed by atoms with Gasteiger partial charge in [-0.3, -0.25) is 5.10 Å². The minimum absolute atomic E-state index is 0.238. The lowest BCUT2D eigenvalue weighted by Crippen LogP contribution is -2.34. The molecule has 0 unspecified atom stereocenters. The number of benzene rings is 2. The number of hydrogen-bond donors (Lipinski definition) is 1. The molecule has 4 heteroatoms. The Morgan fingerprint density at radius 3 is 2.45 bits per heavy atom. The van der Waals surface area contributed by atoms with Crippen molar-refractivity contribution in [2.75, 3.05) is 18.0 Å². The Kier molecular flexibility index (Phi) is 5.53. The van der Waals surface area contributed by atoms with Gasteiger partial charge in [0.1, 0.15) is 6.29 Å². The second-order valence-electron chi connectivity index (χ2n) is 10.2. The third-order valence-electron chi connectivity index (χ3n) is 8.30. The molecule has 2 heterocycles. The first-order valence-electron chi connectivity index (χ1n) is 12.8. The summed E-state index contributed by atoms with van der Waals surface area (Å²) in [4.78, 5) is 13.6. The number of anilines is 1. The van der Waals surface area contributed by atoms with Gasteiger partial charge in [-0.1, -0.05) is 36.6 Å². The monoisotopic (exact) mass is 439 g/mol. The van der Waals surface area contributed by atoms with Crippen molar-refractivity contribution < 1.29 is 4.79 Å². The van der Waals surface area contributed by atoms with Crippen LogP contribution in [0.25, 0.3) is 16.5 Å². The number of hydrogen-bond acceptors (Lipinski definition) is 3. The van der Waals surface area contributed by atoms with Gasteiger partial charge in [-0.2, -0.15) is 5.10 Å². The number of aldehydes is 1. The Morgan fingerprint density at radius 2 is 1.70 bits per heavy atom. The molecule has 1 N–H and O–H groups in total. The number of aryl methyl sites for hydroxylation is 1. The maximum absolute atomic E-state index is 11.1. The van der Waals surface area contributed by atoms with Crippen LogP contribution >= 0.6 is 0 Å². The van der Waals surface area contributed by atoms with E-state index in [1.54, 1.807) is 5.57 Å². The average molecular weight is 440 g/mol. The fraction of sp³-hybridized carbons (Fsp3) is 0.448. The highest BCUT2D eigenvalue weighted by molar-refractivity contribution is 5.93. The van der Waals surface area contributed by atoms with Crippen LogP contribution in [-0.2, 0) is 11.2 Å². The SMILES string of the molecule is O=CC1CCN(c2ccc(C3=C(C4CCCC4)CCCc4c3ccc3[nH]ncc43)cc2)CC1. The molecule has 2 fully saturated rings. The van der Waals surface area contributed by atoms with Gasteiger partial charge in [-0.15, -0.1) is 0 Å². The molecule has 0 bridgehead atoms. The number of fused-ring (bicyclic) bond motifs is 3. The van der Waals surface area contributed by atoms with E-state index >= 15 is 0 Å². The number of aromatic nitrogens is 2. The molecule has 1 saturated carbocycles. The highest BCUT2D eigenvalue weighted by Gasteiger charge is 2.28. The second kappa shape index (κ2) is 8.81. The van der Waals surface area contributed by atoms with E-state index in [1.807, 2.05) is 6.20 Å². The molecule has 3 aromatic rings. The lowest BCUT2D eigenvalue weighted by atomic mass is 9.84. The number of nitrogens with one attached hydrogen (secondary N) is 1. The molecule has 0 amide bonds. The molecule has 170 valence electrons.